The van der Waals surface area contributed by atoms with E-state index < -0.39 is 76.1 Å². The van der Waals surface area contributed by atoms with Gasteiger partial charge in [0.15, 0.2) is 5.69 Å². The molecule has 2 aromatic rings. The lowest BCUT2D eigenvalue weighted by Crippen LogP contribution is -2.47. The van der Waals surface area contributed by atoms with Crippen molar-refractivity contribution < 1.29 is 65.8 Å². The van der Waals surface area contributed by atoms with Crippen LogP contribution in [0.25, 0.3) is 11.1 Å². The average molecular weight is 882 g/mol. The zero-order chi connectivity index (χ0) is 43.2. The largest absolute Gasteiger partial charge is 0.523 e. The molecule has 2 unspecified atom stereocenters. The van der Waals surface area contributed by atoms with Crippen molar-refractivity contribution >= 4 is 51.1 Å². The van der Waals surface area contributed by atoms with Gasteiger partial charge in [-0.3, -0.25) is 13.2 Å². The summed E-state index contributed by atoms with van der Waals surface area (Å²) in [6.07, 6.45) is 7.89. The Balaban J connectivity index is 1.53. The van der Waals surface area contributed by atoms with Crippen molar-refractivity contribution in [3.8, 4) is 6.07 Å². The molecule has 1 aliphatic carbocycles. The number of pyridine rings is 1. The van der Waals surface area contributed by atoms with Gasteiger partial charge < -0.3 is 19.4 Å². The molecule has 58 heavy (non-hydrogen) atoms. The minimum atomic E-state index is -6.18. The predicted octanol–water partition coefficient (Wildman–Crippen LogP) is 6.89. The highest BCUT2D eigenvalue weighted by atomic mass is 32.2. The summed E-state index contributed by atoms with van der Waals surface area (Å²) in [6.45, 7) is 8.34. The number of allylic oxidation sites excluding steroid dienone is 2. The average Bonchev–Trinajstić information content (AvgIpc) is 3.65. The number of halogens is 6. The smallest absolute Gasteiger partial charge is 0.361 e. The number of imidazole rings is 1. The van der Waals surface area contributed by atoms with Crippen LogP contribution < -0.4 is 5.32 Å². The second kappa shape index (κ2) is 15.9. The number of hydrogen-bond donors (Lipinski definition) is 1. The number of amides is 1. The molecule has 2 aliphatic heterocycles. The van der Waals surface area contributed by atoms with Gasteiger partial charge in [0.2, 0.25) is 5.82 Å². The summed E-state index contributed by atoms with van der Waals surface area (Å²) in [7, 11) is -13.8. The number of nitriles is 1. The Hall–Kier alpha value is -3.92. The zero-order valence-electron chi connectivity index (χ0n) is 32.0. The van der Waals surface area contributed by atoms with Gasteiger partial charge in [-0.15, -0.1) is 0 Å². The number of nitrogens with zero attached hydrogens (tertiary/aromatic N) is 4. The number of hydrogen-bond acceptors (Lipinski definition) is 12. The lowest BCUT2D eigenvalue weighted by Gasteiger charge is -2.38. The van der Waals surface area contributed by atoms with Crippen LogP contribution in [0.1, 0.15) is 67.2 Å². The van der Waals surface area contributed by atoms with E-state index in [2.05, 4.69) is 52.2 Å². The van der Waals surface area contributed by atoms with Gasteiger partial charge in [-0.05, 0) is 66.2 Å². The Labute approximate surface area is 332 Å². The van der Waals surface area contributed by atoms with Gasteiger partial charge in [0, 0.05) is 27.3 Å². The quantitative estimate of drug-likeness (QED) is 0.0488. The van der Waals surface area contributed by atoms with E-state index in [9.17, 15) is 53.2 Å². The van der Waals surface area contributed by atoms with Crippen LogP contribution in [0.2, 0.25) is 25.7 Å². The molecule has 0 spiro atoms. The zero-order valence-corrected chi connectivity index (χ0v) is 34.6. The van der Waals surface area contributed by atoms with Crippen LogP contribution in [-0.4, -0.2) is 87.4 Å². The maximum absolute atomic E-state index is 13.8. The van der Waals surface area contributed by atoms with E-state index in [4.69, 9.17) is 14.5 Å². The third-order valence-corrected chi connectivity index (χ3v) is 13.2. The van der Waals surface area contributed by atoms with Gasteiger partial charge in [0.25, 0.3) is 5.91 Å². The molecule has 318 valence electrons. The highest BCUT2D eigenvalue weighted by molar-refractivity contribution is 7.87. The third kappa shape index (κ3) is 10.4. The highest BCUT2D eigenvalue weighted by Crippen LogP contribution is 2.47. The number of rotatable bonds is 15. The molecule has 0 radical (unpaired) electrons. The van der Waals surface area contributed by atoms with Crippen molar-refractivity contribution in [2.75, 3.05) is 25.1 Å². The van der Waals surface area contributed by atoms with E-state index >= 15 is 0 Å². The number of carbonyl (C=O) groups excluding carboxylic acids is 1. The summed E-state index contributed by atoms with van der Waals surface area (Å²) in [5.74, 6) is -0.862. The van der Waals surface area contributed by atoms with Crippen LogP contribution in [0.4, 0.5) is 32.0 Å². The maximum atomic E-state index is 13.8. The van der Waals surface area contributed by atoms with Crippen LogP contribution in [0.15, 0.2) is 42.6 Å². The Morgan fingerprint density at radius 2 is 1.66 bits per heavy atom. The summed E-state index contributed by atoms with van der Waals surface area (Å²) >= 11 is 0. The summed E-state index contributed by atoms with van der Waals surface area (Å²) in [5, 5.41) is 12.3. The third-order valence-electron chi connectivity index (χ3n) is 9.51. The van der Waals surface area contributed by atoms with Crippen LogP contribution in [0, 0.1) is 16.7 Å². The van der Waals surface area contributed by atoms with Crippen molar-refractivity contribution in [3.05, 3.63) is 65.5 Å². The number of aromatic nitrogens is 3. The molecule has 4 heterocycles. The fourth-order valence-corrected chi connectivity index (χ4v) is 7.94. The lowest BCUT2D eigenvalue weighted by atomic mass is 9.77. The minimum Gasteiger partial charge on any atom is -0.361 e. The molecule has 23 heteroatoms. The first-order valence-electron chi connectivity index (χ1n) is 17.7. The van der Waals surface area contributed by atoms with Crippen molar-refractivity contribution in [2.24, 2.45) is 5.41 Å². The van der Waals surface area contributed by atoms with Gasteiger partial charge in [-0.1, -0.05) is 45.6 Å². The highest BCUT2D eigenvalue weighted by Gasteiger charge is 2.55. The fraction of sp³-hybridized carbons (Fsp3) is 0.543. The van der Waals surface area contributed by atoms with E-state index in [1.54, 1.807) is 0 Å². The predicted molar refractivity (Wildman–Crippen MR) is 199 cm³/mol. The summed E-state index contributed by atoms with van der Waals surface area (Å²) in [5.41, 5.74) is -14.8. The van der Waals surface area contributed by atoms with Gasteiger partial charge in [-0.2, -0.15) is 48.4 Å². The van der Waals surface area contributed by atoms with Gasteiger partial charge in [0.05, 0.1) is 23.7 Å². The van der Waals surface area contributed by atoms with E-state index in [1.807, 2.05) is 12.1 Å². The molecule has 2 atom stereocenters. The maximum Gasteiger partial charge on any atom is 0.523 e. The number of ether oxygens (including phenoxy) is 2. The van der Waals surface area contributed by atoms with E-state index in [0.717, 1.165) is 18.2 Å². The molecule has 0 saturated heterocycles. The summed E-state index contributed by atoms with van der Waals surface area (Å²) in [4.78, 5) is 22.7. The molecule has 2 aromatic heterocycles. The molecule has 2 bridgehead atoms. The normalized spacial score (nSPS) is 22.3. The number of alkyl halides is 6. The Bertz CT molecular complexity index is 2300. The Morgan fingerprint density at radius 3 is 2.24 bits per heavy atom. The van der Waals surface area contributed by atoms with Crippen LogP contribution in [0.5, 0.6) is 0 Å². The first kappa shape index (κ1) is 45.2. The first-order valence-corrected chi connectivity index (χ1v) is 24.2. The molecule has 14 nitrogen and oxygen atoms in total. The molecule has 1 amide bonds. The van der Waals surface area contributed by atoms with Gasteiger partial charge in [0.1, 0.15) is 30.6 Å². The molecule has 0 saturated carbocycles. The summed E-state index contributed by atoms with van der Waals surface area (Å²) in [6, 6.07) is 5.60. The Morgan fingerprint density at radius 1 is 1.00 bits per heavy atom. The van der Waals surface area contributed by atoms with Gasteiger partial charge >= 0.3 is 31.3 Å². The monoisotopic (exact) mass is 881 g/mol. The second-order valence-electron chi connectivity index (χ2n) is 16.1. The molecule has 0 aromatic carbocycles. The van der Waals surface area contributed by atoms with E-state index in [-0.39, 0.29) is 46.3 Å². The fourth-order valence-electron chi connectivity index (χ4n) is 6.22. The van der Waals surface area contributed by atoms with Gasteiger partial charge in [-0.25, -0.2) is 9.97 Å². The lowest BCUT2D eigenvalue weighted by molar-refractivity contribution is -0.110. The molecule has 0 fully saturated rings. The first-order chi connectivity index (χ1) is 26.6. The van der Waals surface area contributed by atoms with Crippen LogP contribution in [0.3, 0.4) is 0 Å². The SMILES string of the molecule is CC1(C)CC=C(c2nc(C3=CC4(COS(=O)(=O)C(F)(F)F)C=CC(COS(=O)(=O)C(F)(F)F)(C3)O4)ccc2NC(=O)c2nc(C#N)cn2COCC[Si](C)(C)C)CC1. The Kier molecular flexibility index (Phi) is 12.4. The van der Waals surface area contributed by atoms with Crippen molar-refractivity contribution in [3.63, 3.8) is 0 Å². The van der Waals surface area contributed by atoms with Crippen molar-refractivity contribution in [1.29, 1.82) is 5.26 Å². The minimum absolute atomic E-state index is 0.0403. The van der Waals surface area contributed by atoms with Crippen LogP contribution >= 0.6 is 0 Å². The van der Waals surface area contributed by atoms with Crippen LogP contribution in [-0.2, 0) is 44.8 Å². The van der Waals surface area contributed by atoms with Crippen molar-refractivity contribution in [1.82, 2.24) is 14.5 Å². The summed E-state index contributed by atoms with van der Waals surface area (Å²) < 4.78 is 148. The topological polar surface area (TPSA) is 189 Å². The molecular weight excluding hydrogens is 841 g/mol. The second-order valence-corrected chi connectivity index (χ2v) is 25.0. The standard InChI is InChI=1S/C35H41F6N5O9S2Si/c1-31(2)10-8-23(9-11-31)28-27(45-30(47)29-43-25(18-42)19-46(29)22-52-14-15-58(3,4)5)7-6-26(44-28)24-16-32(20-53-56(48,49)34(36,37)38)12-13-33(17-24,55-32)21-54-57(50,51)35(39,40)41/h6-8,12-13,16,19H,9-11,14-15,17,20-22H2,1-5H3,(H,45,47). The van der Waals surface area contributed by atoms with E-state index in [0.29, 0.717) is 31.4 Å². The number of anilines is 1. The molecule has 3 aliphatic rings. The number of fused-ring (bicyclic) bond motifs is 2. The number of carbonyl (C=O) groups is 1. The molecule has 1 N–H and O–H groups in total. The molecule has 5 rings (SSSR count). The van der Waals surface area contributed by atoms with E-state index in [1.165, 1.54) is 29.0 Å². The molecular formula is C35H41F6N5O9S2Si. The van der Waals surface area contributed by atoms with Crippen molar-refractivity contribution in [2.45, 2.75) is 94.2 Å². The number of nitrogens with one attached hydrogen (secondary N) is 1.